The number of amides is 4. The smallest absolute Gasteiger partial charge is 0.326 e. The molecule has 0 aliphatic carbocycles. The lowest BCUT2D eigenvalue weighted by molar-refractivity contribution is -0.132. The molecule has 3 aliphatic heterocycles. The molecule has 4 amide bonds. The highest BCUT2D eigenvalue weighted by Crippen LogP contribution is 2.42. The SMILES string of the molecule is CN1C(=O)[C@H]2CN(Cc3c2c2cc(OCCC4CCOCC4)ccc2n3Cc2ccc(C(=O)NO)cc2)C1=O. The van der Waals surface area contributed by atoms with Gasteiger partial charge < -0.3 is 18.9 Å². The molecular formula is C29H32N4O6. The van der Waals surface area contributed by atoms with Crippen molar-refractivity contribution in [2.75, 3.05) is 33.4 Å². The lowest BCUT2D eigenvalue weighted by atomic mass is 9.89. The molecule has 2 bridgehead atoms. The van der Waals surface area contributed by atoms with Crippen LogP contribution in [0, 0.1) is 5.92 Å². The van der Waals surface area contributed by atoms with Crippen LogP contribution < -0.4 is 10.2 Å². The standard InChI is InChI=1S/C29H32N4O6/c1-31-28(35)23-16-32(29(31)36)17-25-26(23)22-14-21(39-13-10-18-8-11-38-12-9-18)6-7-24(22)33(25)15-19-2-4-20(5-3-19)27(34)30-37/h2-7,14,18,23,37H,8-13,15-17H2,1H3,(H,30,34)/t23-/m0/s1. The van der Waals surface area contributed by atoms with E-state index in [0.717, 1.165) is 65.9 Å². The number of hydroxylamine groups is 1. The number of hydrogen-bond donors (Lipinski definition) is 2. The molecule has 3 aliphatic rings. The predicted molar refractivity (Wildman–Crippen MR) is 142 cm³/mol. The summed E-state index contributed by atoms with van der Waals surface area (Å²) in [5.74, 6) is 0.181. The molecule has 10 nitrogen and oxygen atoms in total. The van der Waals surface area contributed by atoms with Gasteiger partial charge in [0.1, 0.15) is 5.75 Å². The molecule has 0 spiro atoms. The minimum absolute atomic E-state index is 0.193. The van der Waals surface area contributed by atoms with Crippen molar-refractivity contribution < 1.29 is 29.1 Å². The molecule has 0 unspecified atom stereocenters. The van der Waals surface area contributed by atoms with E-state index in [-0.39, 0.29) is 11.9 Å². The van der Waals surface area contributed by atoms with Crippen LogP contribution >= 0.6 is 0 Å². The van der Waals surface area contributed by atoms with E-state index in [0.29, 0.717) is 37.7 Å². The van der Waals surface area contributed by atoms with E-state index in [2.05, 4.69) is 4.57 Å². The molecule has 2 fully saturated rings. The third kappa shape index (κ3) is 4.63. The van der Waals surface area contributed by atoms with E-state index >= 15 is 0 Å². The number of urea groups is 1. The number of aromatic nitrogens is 1. The van der Waals surface area contributed by atoms with Crippen molar-refractivity contribution in [3.8, 4) is 5.75 Å². The number of nitrogens with zero attached hydrogens (tertiary/aromatic N) is 3. The molecule has 4 heterocycles. The third-order valence-electron chi connectivity index (χ3n) is 8.26. The first-order valence-corrected chi connectivity index (χ1v) is 13.4. The number of hydrogen-bond acceptors (Lipinski definition) is 6. The first kappa shape index (κ1) is 25.4. The van der Waals surface area contributed by atoms with Crippen LogP contribution in [0.15, 0.2) is 42.5 Å². The maximum absolute atomic E-state index is 13.3. The highest BCUT2D eigenvalue weighted by molar-refractivity contribution is 6.04. The highest BCUT2D eigenvalue weighted by Gasteiger charge is 2.44. The van der Waals surface area contributed by atoms with E-state index in [4.69, 9.17) is 14.7 Å². The van der Waals surface area contributed by atoms with Crippen molar-refractivity contribution in [2.45, 2.75) is 38.3 Å². The Morgan fingerprint density at radius 1 is 1.13 bits per heavy atom. The summed E-state index contributed by atoms with van der Waals surface area (Å²) in [7, 11) is 1.54. The Bertz CT molecular complexity index is 1430. The fourth-order valence-electron chi connectivity index (χ4n) is 6.07. The Labute approximate surface area is 226 Å². The normalized spacial score (nSPS) is 19.4. The molecular weight excluding hydrogens is 500 g/mol. The summed E-state index contributed by atoms with van der Waals surface area (Å²) in [6.07, 6.45) is 3.11. The van der Waals surface area contributed by atoms with Crippen LogP contribution in [-0.2, 0) is 22.6 Å². The molecule has 10 heteroatoms. The maximum Gasteiger partial charge on any atom is 0.326 e. The fourth-order valence-corrected chi connectivity index (χ4v) is 6.07. The van der Waals surface area contributed by atoms with Crippen LogP contribution in [0.4, 0.5) is 4.79 Å². The molecule has 39 heavy (non-hydrogen) atoms. The van der Waals surface area contributed by atoms with Crippen LogP contribution in [0.1, 0.15) is 52.4 Å². The van der Waals surface area contributed by atoms with Crippen LogP contribution in [0.5, 0.6) is 5.75 Å². The number of nitrogens with one attached hydrogen (secondary N) is 1. The lowest BCUT2D eigenvalue weighted by Crippen LogP contribution is -2.56. The van der Waals surface area contributed by atoms with Crippen LogP contribution in [0.3, 0.4) is 0 Å². The summed E-state index contributed by atoms with van der Waals surface area (Å²) in [6.45, 7) is 3.53. The van der Waals surface area contributed by atoms with Crippen molar-refractivity contribution in [1.29, 1.82) is 0 Å². The van der Waals surface area contributed by atoms with Gasteiger partial charge in [-0.25, -0.2) is 10.3 Å². The number of benzene rings is 2. The zero-order valence-corrected chi connectivity index (χ0v) is 21.9. The lowest BCUT2D eigenvalue weighted by Gasteiger charge is -2.41. The number of ether oxygens (including phenoxy) is 2. The van der Waals surface area contributed by atoms with Crippen molar-refractivity contribution >= 4 is 28.7 Å². The minimum atomic E-state index is -0.573. The summed E-state index contributed by atoms with van der Waals surface area (Å²) in [5, 5.41) is 9.88. The zero-order chi connectivity index (χ0) is 27.1. The van der Waals surface area contributed by atoms with Gasteiger partial charge in [-0.2, -0.15) is 0 Å². The van der Waals surface area contributed by atoms with Gasteiger partial charge in [0.25, 0.3) is 5.91 Å². The first-order chi connectivity index (χ1) is 18.9. The van der Waals surface area contributed by atoms with Gasteiger partial charge in [0.2, 0.25) is 5.91 Å². The molecule has 204 valence electrons. The second-order valence-corrected chi connectivity index (χ2v) is 10.6. The van der Waals surface area contributed by atoms with Crippen LogP contribution in [-0.4, -0.2) is 70.8 Å². The Morgan fingerprint density at radius 2 is 1.90 bits per heavy atom. The van der Waals surface area contributed by atoms with E-state index < -0.39 is 11.8 Å². The van der Waals surface area contributed by atoms with Gasteiger partial charge in [0.15, 0.2) is 0 Å². The zero-order valence-electron chi connectivity index (χ0n) is 21.9. The van der Waals surface area contributed by atoms with Crippen molar-refractivity contribution in [3.05, 3.63) is 64.8 Å². The van der Waals surface area contributed by atoms with Gasteiger partial charge in [-0.1, -0.05) is 12.1 Å². The van der Waals surface area contributed by atoms with Crippen molar-refractivity contribution in [2.24, 2.45) is 5.92 Å². The monoisotopic (exact) mass is 532 g/mol. The average Bonchev–Trinajstić information content (AvgIpc) is 3.27. The fraction of sp³-hybridized carbons (Fsp3) is 0.414. The third-order valence-corrected chi connectivity index (χ3v) is 8.26. The molecule has 3 aromatic rings. The van der Waals surface area contributed by atoms with E-state index in [1.165, 1.54) is 4.90 Å². The number of imide groups is 1. The average molecular weight is 533 g/mol. The Kier molecular flexibility index (Phi) is 6.74. The quantitative estimate of drug-likeness (QED) is 0.356. The summed E-state index contributed by atoms with van der Waals surface area (Å²) in [5.41, 5.74) is 5.80. The Hall–Kier alpha value is -3.89. The first-order valence-electron chi connectivity index (χ1n) is 13.4. The second-order valence-electron chi connectivity index (χ2n) is 10.6. The van der Waals surface area contributed by atoms with Crippen LogP contribution in [0.25, 0.3) is 10.9 Å². The largest absolute Gasteiger partial charge is 0.494 e. The number of rotatable bonds is 7. The van der Waals surface area contributed by atoms with E-state index in [1.54, 1.807) is 29.6 Å². The van der Waals surface area contributed by atoms with Gasteiger partial charge >= 0.3 is 6.03 Å². The second kappa shape index (κ2) is 10.3. The number of carbonyl (C=O) groups is 3. The maximum atomic E-state index is 13.3. The molecule has 6 rings (SSSR count). The molecule has 0 radical (unpaired) electrons. The highest BCUT2D eigenvalue weighted by atomic mass is 16.5. The molecule has 0 saturated carbocycles. The number of carbonyl (C=O) groups excluding carboxylic acids is 3. The minimum Gasteiger partial charge on any atom is -0.494 e. The molecule has 2 saturated heterocycles. The van der Waals surface area contributed by atoms with Crippen molar-refractivity contribution in [3.63, 3.8) is 0 Å². The van der Waals surface area contributed by atoms with Gasteiger partial charge in [-0.15, -0.1) is 0 Å². The van der Waals surface area contributed by atoms with Gasteiger partial charge in [0.05, 0.1) is 19.1 Å². The molecule has 2 N–H and O–H groups in total. The number of fused-ring (bicyclic) bond motifs is 6. The summed E-state index contributed by atoms with van der Waals surface area (Å²) in [4.78, 5) is 40.8. The van der Waals surface area contributed by atoms with E-state index in [9.17, 15) is 14.4 Å². The predicted octanol–water partition coefficient (Wildman–Crippen LogP) is 3.50. The number of likely N-dealkylation sites (N-methyl/N-ethyl adjacent to an activating group) is 1. The summed E-state index contributed by atoms with van der Waals surface area (Å²) >= 11 is 0. The van der Waals surface area contributed by atoms with Gasteiger partial charge in [-0.3, -0.25) is 19.7 Å². The van der Waals surface area contributed by atoms with E-state index in [1.807, 2.05) is 30.3 Å². The molecule has 2 aromatic carbocycles. The van der Waals surface area contributed by atoms with Crippen molar-refractivity contribution in [1.82, 2.24) is 19.8 Å². The van der Waals surface area contributed by atoms with Gasteiger partial charge in [0, 0.05) is 55.5 Å². The Morgan fingerprint density at radius 3 is 2.64 bits per heavy atom. The molecule has 1 aromatic heterocycles. The summed E-state index contributed by atoms with van der Waals surface area (Å²) < 4.78 is 13.8. The van der Waals surface area contributed by atoms with Crippen LogP contribution in [0.2, 0.25) is 0 Å². The summed E-state index contributed by atoms with van der Waals surface area (Å²) in [6, 6.07) is 12.7. The molecule has 1 atom stereocenters. The van der Waals surface area contributed by atoms with Gasteiger partial charge in [-0.05, 0) is 66.6 Å². The topological polar surface area (TPSA) is 113 Å². The Balaban J connectivity index is 1.35.